The number of hydrogen-bond donors (Lipinski definition) is 3. The fraction of sp³-hybridized carbons (Fsp3) is 0.308. The van der Waals surface area contributed by atoms with Crippen LogP contribution in [0.2, 0.25) is 0 Å². The molecule has 88 valence electrons. The molecule has 1 aliphatic rings. The third-order valence-electron chi connectivity index (χ3n) is 3.17. The SMILES string of the molecule is O=C(N[C@H]1CCNC1)c1cc2ccccc2[nH]1. The lowest BCUT2D eigenvalue weighted by Gasteiger charge is -2.09. The van der Waals surface area contributed by atoms with E-state index in [2.05, 4.69) is 15.6 Å². The lowest BCUT2D eigenvalue weighted by atomic mass is 10.2. The minimum Gasteiger partial charge on any atom is -0.351 e. The monoisotopic (exact) mass is 229 g/mol. The summed E-state index contributed by atoms with van der Waals surface area (Å²) in [4.78, 5) is 15.1. The third-order valence-corrected chi connectivity index (χ3v) is 3.17. The maximum Gasteiger partial charge on any atom is 0.267 e. The predicted octanol–water partition coefficient (Wildman–Crippen LogP) is 1.26. The van der Waals surface area contributed by atoms with Gasteiger partial charge in [-0.05, 0) is 25.1 Å². The zero-order valence-corrected chi connectivity index (χ0v) is 9.49. The Hall–Kier alpha value is -1.81. The fourth-order valence-corrected chi connectivity index (χ4v) is 2.24. The second-order valence-electron chi connectivity index (χ2n) is 4.43. The average molecular weight is 229 g/mol. The Morgan fingerprint density at radius 3 is 3.00 bits per heavy atom. The number of para-hydroxylation sites is 1. The van der Waals surface area contributed by atoms with Crippen LogP contribution in [0, 0.1) is 0 Å². The van der Waals surface area contributed by atoms with Gasteiger partial charge in [-0.3, -0.25) is 4.79 Å². The first kappa shape index (κ1) is 10.4. The topological polar surface area (TPSA) is 56.9 Å². The van der Waals surface area contributed by atoms with Crippen LogP contribution < -0.4 is 10.6 Å². The number of hydrogen-bond acceptors (Lipinski definition) is 2. The zero-order chi connectivity index (χ0) is 11.7. The van der Waals surface area contributed by atoms with Crippen LogP contribution in [-0.4, -0.2) is 30.0 Å². The van der Waals surface area contributed by atoms with Crippen LogP contribution in [0.25, 0.3) is 10.9 Å². The normalized spacial score (nSPS) is 19.6. The van der Waals surface area contributed by atoms with Crippen molar-refractivity contribution >= 4 is 16.8 Å². The number of amides is 1. The summed E-state index contributed by atoms with van der Waals surface area (Å²) in [5.74, 6) is -0.0186. The second kappa shape index (κ2) is 4.22. The van der Waals surface area contributed by atoms with Crippen molar-refractivity contribution in [2.75, 3.05) is 13.1 Å². The Bertz CT molecular complexity index is 507. The highest BCUT2D eigenvalue weighted by Gasteiger charge is 2.18. The number of H-pyrrole nitrogens is 1. The summed E-state index contributed by atoms with van der Waals surface area (Å²) in [6.45, 7) is 1.85. The summed E-state index contributed by atoms with van der Waals surface area (Å²) in [7, 11) is 0. The van der Waals surface area contributed by atoms with Crippen LogP contribution in [0.3, 0.4) is 0 Å². The van der Waals surface area contributed by atoms with Crippen molar-refractivity contribution < 1.29 is 4.79 Å². The Morgan fingerprint density at radius 2 is 2.24 bits per heavy atom. The van der Waals surface area contributed by atoms with E-state index in [4.69, 9.17) is 0 Å². The molecular formula is C13H15N3O. The molecule has 1 aromatic carbocycles. The quantitative estimate of drug-likeness (QED) is 0.726. The molecule has 17 heavy (non-hydrogen) atoms. The van der Waals surface area contributed by atoms with Crippen molar-refractivity contribution in [3.63, 3.8) is 0 Å². The van der Waals surface area contributed by atoms with Crippen molar-refractivity contribution in [1.29, 1.82) is 0 Å². The van der Waals surface area contributed by atoms with E-state index in [0.29, 0.717) is 5.69 Å². The van der Waals surface area contributed by atoms with Crippen molar-refractivity contribution in [2.45, 2.75) is 12.5 Å². The van der Waals surface area contributed by atoms with Gasteiger partial charge in [-0.25, -0.2) is 0 Å². The van der Waals surface area contributed by atoms with Crippen LogP contribution >= 0.6 is 0 Å². The molecule has 4 heteroatoms. The molecule has 0 spiro atoms. The Balaban J connectivity index is 1.80. The molecule has 0 unspecified atom stereocenters. The number of carbonyl (C=O) groups excluding carboxylic acids is 1. The van der Waals surface area contributed by atoms with Gasteiger partial charge in [-0.2, -0.15) is 0 Å². The Labute approximate surface area is 99.4 Å². The molecular weight excluding hydrogens is 214 g/mol. The number of rotatable bonds is 2. The minimum absolute atomic E-state index is 0.0186. The highest BCUT2D eigenvalue weighted by atomic mass is 16.1. The maximum atomic E-state index is 12.0. The summed E-state index contributed by atoms with van der Waals surface area (Å²) in [6, 6.07) is 10.1. The van der Waals surface area contributed by atoms with E-state index < -0.39 is 0 Å². The maximum absolute atomic E-state index is 12.0. The smallest absolute Gasteiger partial charge is 0.267 e. The van der Waals surface area contributed by atoms with Gasteiger partial charge in [0, 0.05) is 23.5 Å². The third kappa shape index (κ3) is 2.03. The van der Waals surface area contributed by atoms with E-state index in [1.807, 2.05) is 30.3 Å². The predicted molar refractivity (Wildman–Crippen MR) is 67.0 cm³/mol. The van der Waals surface area contributed by atoms with Crippen molar-refractivity contribution in [2.24, 2.45) is 0 Å². The number of carbonyl (C=O) groups is 1. The van der Waals surface area contributed by atoms with Gasteiger partial charge in [0.2, 0.25) is 0 Å². The van der Waals surface area contributed by atoms with Gasteiger partial charge in [0.1, 0.15) is 5.69 Å². The van der Waals surface area contributed by atoms with E-state index in [0.717, 1.165) is 30.4 Å². The second-order valence-corrected chi connectivity index (χ2v) is 4.43. The summed E-state index contributed by atoms with van der Waals surface area (Å²) >= 11 is 0. The highest BCUT2D eigenvalue weighted by Crippen LogP contribution is 2.14. The minimum atomic E-state index is -0.0186. The molecule has 0 aliphatic carbocycles. The van der Waals surface area contributed by atoms with Crippen molar-refractivity contribution in [3.8, 4) is 0 Å². The summed E-state index contributed by atoms with van der Waals surface area (Å²) < 4.78 is 0. The van der Waals surface area contributed by atoms with Gasteiger partial charge >= 0.3 is 0 Å². The molecule has 2 aromatic rings. The molecule has 0 radical (unpaired) electrons. The summed E-state index contributed by atoms with van der Waals surface area (Å²) in [6.07, 6.45) is 1.01. The lowest BCUT2D eigenvalue weighted by Crippen LogP contribution is -2.36. The van der Waals surface area contributed by atoms with E-state index in [-0.39, 0.29) is 11.9 Å². The number of aromatic amines is 1. The molecule has 1 fully saturated rings. The van der Waals surface area contributed by atoms with Crippen LogP contribution in [0.15, 0.2) is 30.3 Å². The molecule has 0 saturated carbocycles. The van der Waals surface area contributed by atoms with Gasteiger partial charge < -0.3 is 15.6 Å². The molecule has 2 heterocycles. The van der Waals surface area contributed by atoms with E-state index in [1.54, 1.807) is 0 Å². The van der Waals surface area contributed by atoms with Crippen LogP contribution in [-0.2, 0) is 0 Å². The van der Waals surface area contributed by atoms with E-state index >= 15 is 0 Å². The van der Waals surface area contributed by atoms with Gasteiger partial charge in [-0.15, -0.1) is 0 Å². The number of aromatic nitrogens is 1. The molecule has 1 aliphatic heterocycles. The average Bonchev–Trinajstić information content (AvgIpc) is 2.96. The summed E-state index contributed by atoms with van der Waals surface area (Å²) in [5.41, 5.74) is 1.64. The molecule has 1 saturated heterocycles. The summed E-state index contributed by atoms with van der Waals surface area (Å²) in [5, 5.41) is 7.33. The first-order chi connectivity index (χ1) is 8.33. The van der Waals surface area contributed by atoms with Gasteiger partial charge in [0.25, 0.3) is 5.91 Å². The van der Waals surface area contributed by atoms with E-state index in [1.165, 1.54) is 0 Å². The molecule has 1 amide bonds. The number of nitrogens with one attached hydrogen (secondary N) is 3. The fourth-order valence-electron chi connectivity index (χ4n) is 2.24. The molecule has 0 bridgehead atoms. The number of fused-ring (bicyclic) bond motifs is 1. The first-order valence-electron chi connectivity index (χ1n) is 5.92. The molecule has 1 atom stereocenters. The molecule has 3 rings (SSSR count). The van der Waals surface area contributed by atoms with Crippen LogP contribution in [0.5, 0.6) is 0 Å². The Kier molecular flexibility index (Phi) is 2.57. The molecule has 4 nitrogen and oxygen atoms in total. The zero-order valence-electron chi connectivity index (χ0n) is 9.49. The standard InChI is InChI=1S/C13H15N3O/c17-13(15-10-5-6-14-8-10)12-7-9-3-1-2-4-11(9)16-12/h1-4,7,10,14,16H,5-6,8H2,(H,15,17)/t10-/m0/s1. The highest BCUT2D eigenvalue weighted by molar-refractivity contribution is 5.98. The first-order valence-corrected chi connectivity index (χ1v) is 5.92. The number of benzene rings is 1. The van der Waals surface area contributed by atoms with Crippen molar-refractivity contribution in [1.82, 2.24) is 15.6 Å². The molecule has 1 aromatic heterocycles. The van der Waals surface area contributed by atoms with Crippen LogP contribution in [0.4, 0.5) is 0 Å². The van der Waals surface area contributed by atoms with Gasteiger partial charge in [-0.1, -0.05) is 18.2 Å². The largest absolute Gasteiger partial charge is 0.351 e. The Morgan fingerprint density at radius 1 is 1.35 bits per heavy atom. The van der Waals surface area contributed by atoms with Gasteiger partial charge in [0.05, 0.1) is 0 Å². The molecule has 3 N–H and O–H groups in total. The van der Waals surface area contributed by atoms with Gasteiger partial charge in [0.15, 0.2) is 0 Å². The van der Waals surface area contributed by atoms with Crippen LogP contribution in [0.1, 0.15) is 16.9 Å². The lowest BCUT2D eigenvalue weighted by molar-refractivity contribution is 0.0936. The van der Waals surface area contributed by atoms with E-state index in [9.17, 15) is 4.79 Å². The van der Waals surface area contributed by atoms with Crippen molar-refractivity contribution in [3.05, 3.63) is 36.0 Å².